The van der Waals surface area contributed by atoms with E-state index < -0.39 is 18.6 Å². The van der Waals surface area contributed by atoms with E-state index in [1.165, 1.54) is 18.5 Å². The topological polar surface area (TPSA) is 75.0 Å². The molecule has 0 spiro atoms. The van der Waals surface area contributed by atoms with Gasteiger partial charge in [0.1, 0.15) is 24.2 Å². The number of amides is 1. The lowest BCUT2D eigenvalue weighted by Gasteiger charge is -2.22. The number of carbonyl (C=O) groups is 1. The molecule has 0 radical (unpaired) electrons. The molecular weight excluding hydrogens is 349 g/mol. The maximum atomic E-state index is 12.8. The predicted molar refractivity (Wildman–Crippen MR) is 88.4 cm³/mol. The van der Waals surface area contributed by atoms with E-state index in [2.05, 4.69) is 15.0 Å². The molecule has 0 aromatic carbocycles. The number of H-pyrrole nitrogens is 1. The first-order valence-electron chi connectivity index (χ1n) is 8.15. The monoisotopic (exact) mass is 366 g/mol. The zero-order valence-electron chi connectivity index (χ0n) is 13.6. The van der Waals surface area contributed by atoms with E-state index in [1.54, 1.807) is 12.3 Å². The van der Waals surface area contributed by atoms with Gasteiger partial charge in [-0.2, -0.15) is 13.2 Å². The van der Waals surface area contributed by atoms with Crippen LogP contribution in [0.4, 0.5) is 13.2 Å². The van der Waals surface area contributed by atoms with Crippen LogP contribution >= 0.6 is 0 Å². The number of halogens is 3. The third kappa shape index (κ3) is 3.42. The third-order valence-corrected chi connectivity index (χ3v) is 4.24. The van der Waals surface area contributed by atoms with Gasteiger partial charge in [0.15, 0.2) is 11.5 Å². The number of carbonyl (C=O) groups excluding carboxylic acids is 1. The summed E-state index contributed by atoms with van der Waals surface area (Å²) in [7, 11) is 0. The molecular formula is C17H17F3N4O2. The number of aromatic nitrogens is 3. The Kier molecular flexibility index (Phi) is 3.93. The summed E-state index contributed by atoms with van der Waals surface area (Å²) in [5.74, 6) is -0.456. The summed E-state index contributed by atoms with van der Waals surface area (Å²) >= 11 is 0. The van der Waals surface area contributed by atoms with Crippen molar-refractivity contribution < 1.29 is 23.8 Å². The summed E-state index contributed by atoms with van der Waals surface area (Å²) in [5, 5.41) is 0.700. The lowest BCUT2D eigenvalue weighted by Crippen LogP contribution is -2.40. The molecule has 1 aliphatic carbocycles. The van der Waals surface area contributed by atoms with Gasteiger partial charge in [-0.15, -0.1) is 0 Å². The second-order valence-electron chi connectivity index (χ2n) is 6.37. The van der Waals surface area contributed by atoms with E-state index >= 15 is 0 Å². The highest BCUT2D eigenvalue weighted by Gasteiger charge is 2.37. The third-order valence-electron chi connectivity index (χ3n) is 4.24. The summed E-state index contributed by atoms with van der Waals surface area (Å²) < 4.78 is 44.0. The number of nitrogens with zero attached hydrogens (tertiary/aromatic N) is 3. The number of rotatable bonds is 5. The minimum absolute atomic E-state index is 0. The van der Waals surface area contributed by atoms with Crippen LogP contribution in [0, 0.1) is 5.92 Å². The van der Waals surface area contributed by atoms with Gasteiger partial charge in [0.25, 0.3) is 5.91 Å². The largest absolute Gasteiger partial charge is 0.449 e. The van der Waals surface area contributed by atoms with Gasteiger partial charge in [0, 0.05) is 19.6 Å². The maximum absolute atomic E-state index is 12.8. The van der Waals surface area contributed by atoms with Crippen LogP contribution in [0.2, 0.25) is 0 Å². The fraction of sp³-hybridized carbons (Fsp3) is 0.353. The molecule has 0 unspecified atom stereocenters. The molecule has 1 aliphatic rings. The number of furan rings is 1. The Labute approximate surface area is 147 Å². The molecule has 1 amide bonds. The first-order valence-corrected chi connectivity index (χ1v) is 8.15. The van der Waals surface area contributed by atoms with E-state index in [1.807, 2.05) is 0 Å². The van der Waals surface area contributed by atoms with Crippen molar-refractivity contribution in [1.82, 2.24) is 19.9 Å². The highest BCUT2D eigenvalue weighted by Crippen LogP contribution is 2.32. The van der Waals surface area contributed by atoms with Crippen molar-refractivity contribution in [3.05, 3.63) is 36.5 Å². The minimum atomic E-state index is -4.45. The van der Waals surface area contributed by atoms with Gasteiger partial charge in [0.2, 0.25) is 0 Å². The Hall–Kier alpha value is -2.84. The second kappa shape index (κ2) is 6.15. The number of alkyl halides is 3. The van der Waals surface area contributed by atoms with Gasteiger partial charge < -0.3 is 14.3 Å². The van der Waals surface area contributed by atoms with Crippen LogP contribution in [-0.2, 0) is 0 Å². The Bertz CT molecular complexity index is 949. The fourth-order valence-electron chi connectivity index (χ4n) is 2.85. The normalized spacial score (nSPS) is 14.7. The van der Waals surface area contributed by atoms with E-state index in [0.29, 0.717) is 22.5 Å². The van der Waals surface area contributed by atoms with Crippen LogP contribution in [0.5, 0.6) is 0 Å². The van der Waals surface area contributed by atoms with Gasteiger partial charge in [-0.3, -0.25) is 4.79 Å². The van der Waals surface area contributed by atoms with Crippen molar-refractivity contribution in [2.45, 2.75) is 19.0 Å². The van der Waals surface area contributed by atoms with Gasteiger partial charge in [-0.05, 0) is 37.0 Å². The van der Waals surface area contributed by atoms with Crippen LogP contribution < -0.4 is 0 Å². The Morgan fingerprint density at radius 1 is 1.31 bits per heavy atom. The summed E-state index contributed by atoms with van der Waals surface area (Å²) in [6.45, 7) is -1.20. The van der Waals surface area contributed by atoms with E-state index in [4.69, 9.17) is 4.42 Å². The van der Waals surface area contributed by atoms with Crippen LogP contribution in [0.25, 0.3) is 22.5 Å². The van der Waals surface area contributed by atoms with Gasteiger partial charge in [-0.25, -0.2) is 9.97 Å². The zero-order chi connectivity index (χ0) is 18.3. The molecule has 1 fully saturated rings. The van der Waals surface area contributed by atoms with Crippen LogP contribution in [-0.4, -0.2) is 45.0 Å². The Balaban J connectivity index is 0.00000210. The number of hydrogen-bond acceptors (Lipinski definition) is 4. The maximum Gasteiger partial charge on any atom is 0.406 e. The quantitative estimate of drug-likeness (QED) is 0.744. The van der Waals surface area contributed by atoms with Gasteiger partial charge in [-0.1, -0.05) is 0 Å². The number of nitrogens with one attached hydrogen (secondary N) is 1. The molecule has 0 aliphatic heterocycles. The molecule has 3 aromatic rings. The molecule has 0 atom stereocenters. The highest BCUT2D eigenvalue weighted by molar-refractivity contribution is 5.93. The van der Waals surface area contributed by atoms with Crippen LogP contribution in [0.15, 0.2) is 35.1 Å². The average Bonchev–Trinajstić information content (AvgIpc) is 3.09. The standard InChI is InChI=1S/C17H15F3N4O2.H2/c18-17(19,20)8-24(7-10-1-2-10)16(25)13-4-3-12(26-13)14-11-5-6-21-15(11)23-9-22-14;/h3-6,9-10H,1-2,7-8H2,(H,21,22,23);1H. The SMILES string of the molecule is O=C(c1ccc(-c2ncnc3[nH]ccc23)o1)N(CC1CC1)CC(F)(F)F.[HH]. The molecule has 0 bridgehead atoms. The van der Waals surface area contributed by atoms with Crippen molar-refractivity contribution in [2.24, 2.45) is 5.92 Å². The van der Waals surface area contributed by atoms with Crippen molar-refractivity contribution in [2.75, 3.05) is 13.1 Å². The zero-order valence-corrected chi connectivity index (χ0v) is 13.6. The Morgan fingerprint density at radius 2 is 2.12 bits per heavy atom. The number of fused-ring (bicyclic) bond motifs is 1. The van der Waals surface area contributed by atoms with Crippen molar-refractivity contribution in [1.29, 1.82) is 0 Å². The molecule has 1 N–H and O–H groups in total. The fourth-order valence-corrected chi connectivity index (χ4v) is 2.85. The van der Waals surface area contributed by atoms with E-state index in [0.717, 1.165) is 17.7 Å². The van der Waals surface area contributed by atoms with Crippen molar-refractivity contribution in [3.63, 3.8) is 0 Å². The molecule has 9 heteroatoms. The first-order chi connectivity index (χ1) is 12.4. The summed E-state index contributed by atoms with van der Waals surface area (Å²) in [6.07, 6.45) is 0.276. The van der Waals surface area contributed by atoms with Crippen LogP contribution in [0.3, 0.4) is 0 Å². The van der Waals surface area contributed by atoms with Crippen molar-refractivity contribution in [3.8, 4) is 11.5 Å². The molecule has 0 saturated heterocycles. The summed E-state index contributed by atoms with van der Waals surface area (Å²) in [5.41, 5.74) is 1.08. The molecule has 26 heavy (non-hydrogen) atoms. The van der Waals surface area contributed by atoms with E-state index in [-0.39, 0.29) is 19.6 Å². The van der Waals surface area contributed by atoms with E-state index in [9.17, 15) is 18.0 Å². The predicted octanol–water partition coefficient (Wildman–Crippen LogP) is 3.88. The number of aromatic amines is 1. The van der Waals surface area contributed by atoms with Crippen LogP contribution in [0.1, 0.15) is 24.8 Å². The van der Waals surface area contributed by atoms with Gasteiger partial charge in [0.05, 0.1) is 0 Å². The molecule has 4 rings (SSSR count). The summed E-state index contributed by atoms with van der Waals surface area (Å²) in [4.78, 5) is 24.5. The smallest absolute Gasteiger partial charge is 0.406 e. The lowest BCUT2D eigenvalue weighted by atomic mass is 10.2. The first kappa shape index (κ1) is 16.6. The lowest BCUT2D eigenvalue weighted by molar-refractivity contribution is -0.141. The molecule has 6 nitrogen and oxygen atoms in total. The Morgan fingerprint density at radius 3 is 2.85 bits per heavy atom. The highest BCUT2D eigenvalue weighted by atomic mass is 19.4. The molecule has 1 saturated carbocycles. The van der Waals surface area contributed by atoms with Gasteiger partial charge >= 0.3 is 6.18 Å². The second-order valence-corrected chi connectivity index (χ2v) is 6.37. The minimum Gasteiger partial charge on any atom is -0.449 e. The molecule has 3 aromatic heterocycles. The average molecular weight is 366 g/mol. The van der Waals surface area contributed by atoms with Crippen molar-refractivity contribution >= 4 is 16.9 Å². The summed E-state index contributed by atoms with van der Waals surface area (Å²) in [6, 6.07) is 4.68. The molecule has 138 valence electrons. The molecule has 3 heterocycles. The number of hydrogen-bond donors (Lipinski definition) is 1.